The molecule has 1 atom stereocenters. The lowest BCUT2D eigenvalue weighted by molar-refractivity contribution is 0.590. The van der Waals surface area contributed by atoms with Crippen LogP contribution in [0.5, 0.6) is 0 Å². The summed E-state index contributed by atoms with van der Waals surface area (Å²) in [6, 6.07) is 4.71. The van der Waals surface area contributed by atoms with Crippen molar-refractivity contribution in [1.82, 2.24) is 10.3 Å². The third-order valence-electron chi connectivity index (χ3n) is 2.32. The predicted molar refractivity (Wildman–Crippen MR) is 44.4 cm³/mol. The Labute approximate surface area is 66.7 Å². The van der Waals surface area contributed by atoms with Crippen molar-refractivity contribution in [2.45, 2.75) is 18.9 Å². The SMILES string of the molecule is CN[C@H]1CCc2ncccc21. The highest BCUT2D eigenvalue weighted by molar-refractivity contribution is 5.28. The van der Waals surface area contributed by atoms with Gasteiger partial charge in [0.05, 0.1) is 0 Å². The van der Waals surface area contributed by atoms with Crippen molar-refractivity contribution in [2.75, 3.05) is 7.05 Å². The van der Waals surface area contributed by atoms with Gasteiger partial charge in [0.25, 0.3) is 0 Å². The lowest BCUT2D eigenvalue weighted by atomic mass is 10.1. The lowest BCUT2D eigenvalue weighted by Crippen LogP contribution is -2.12. The van der Waals surface area contributed by atoms with Gasteiger partial charge in [-0.3, -0.25) is 4.98 Å². The van der Waals surface area contributed by atoms with E-state index in [2.05, 4.69) is 16.4 Å². The molecule has 1 aliphatic carbocycles. The van der Waals surface area contributed by atoms with Crippen molar-refractivity contribution in [1.29, 1.82) is 0 Å². The molecule has 0 aromatic carbocycles. The quantitative estimate of drug-likeness (QED) is 0.649. The summed E-state index contributed by atoms with van der Waals surface area (Å²) in [4.78, 5) is 4.32. The Morgan fingerprint density at radius 2 is 2.55 bits per heavy atom. The number of aromatic nitrogens is 1. The van der Waals surface area contributed by atoms with Crippen molar-refractivity contribution in [3.63, 3.8) is 0 Å². The average molecular weight is 148 g/mol. The molecule has 0 aliphatic heterocycles. The minimum atomic E-state index is 0.540. The van der Waals surface area contributed by atoms with Gasteiger partial charge in [-0.1, -0.05) is 6.07 Å². The Kier molecular flexibility index (Phi) is 1.62. The molecule has 0 saturated carbocycles. The lowest BCUT2D eigenvalue weighted by Gasteiger charge is -2.07. The van der Waals surface area contributed by atoms with Crippen LogP contribution < -0.4 is 5.32 Å². The number of pyridine rings is 1. The molecule has 1 aliphatic rings. The van der Waals surface area contributed by atoms with Gasteiger partial charge < -0.3 is 5.32 Å². The molecular weight excluding hydrogens is 136 g/mol. The van der Waals surface area contributed by atoms with Crippen LogP contribution in [-0.4, -0.2) is 12.0 Å². The van der Waals surface area contributed by atoms with Crippen molar-refractivity contribution < 1.29 is 0 Å². The van der Waals surface area contributed by atoms with Crippen LogP contribution in [0.15, 0.2) is 18.3 Å². The van der Waals surface area contributed by atoms with Crippen molar-refractivity contribution in [3.05, 3.63) is 29.6 Å². The Hall–Kier alpha value is -0.890. The third-order valence-corrected chi connectivity index (χ3v) is 2.32. The van der Waals surface area contributed by atoms with E-state index < -0.39 is 0 Å². The van der Waals surface area contributed by atoms with Crippen LogP contribution in [0.3, 0.4) is 0 Å². The predicted octanol–water partition coefficient (Wildman–Crippen LogP) is 1.29. The molecule has 1 aromatic rings. The highest BCUT2D eigenvalue weighted by Crippen LogP contribution is 2.28. The minimum absolute atomic E-state index is 0.540. The molecule has 0 bridgehead atoms. The number of nitrogens with zero attached hydrogens (tertiary/aromatic N) is 1. The summed E-state index contributed by atoms with van der Waals surface area (Å²) in [5, 5.41) is 3.28. The van der Waals surface area contributed by atoms with E-state index in [9.17, 15) is 0 Å². The zero-order valence-corrected chi connectivity index (χ0v) is 6.67. The van der Waals surface area contributed by atoms with Gasteiger partial charge in [-0.05, 0) is 31.5 Å². The Balaban J connectivity index is 2.39. The molecule has 2 rings (SSSR count). The van der Waals surface area contributed by atoms with E-state index in [1.165, 1.54) is 17.7 Å². The van der Waals surface area contributed by atoms with Crippen LogP contribution >= 0.6 is 0 Å². The summed E-state index contributed by atoms with van der Waals surface area (Å²) in [5.74, 6) is 0. The van der Waals surface area contributed by atoms with Crippen molar-refractivity contribution >= 4 is 0 Å². The zero-order valence-electron chi connectivity index (χ0n) is 6.67. The molecule has 0 saturated heterocycles. The Bertz CT molecular complexity index is 257. The largest absolute Gasteiger partial charge is 0.313 e. The van der Waals surface area contributed by atoms with E-state index in [0.717, 1.165) is 6.42 Å². The molecular formula is C9H12N2. The fourth-order valence-corrected chi connectivity index (χ4v) is 1.71. The number of rotatable bonds is 1. The maximum Gasteiger partial charge on any atom is 0.0452 e. The molecule has 0 spiro atoms. The molecule has 1 N–H and O–H groups in total. The van der Waals surface area contributed by atoms with E-state index in [0.29, 0.717) is 6.04 Å². The first kappa shape index (κ1) is 6.80. The first-order valence-electron chi connectivity index (χ1n) is 4.03. The Morgan fingerprint density at radius 1 is 1.64 bits per heavy atom. The molecule has 11 heavy (non-hydrogen) atoms. The molecule has 0 amide bonds. The summed E-state index contributed by atoms with van der Waals surface area (Å²) < 4.78 is 0. The van der Waals surface area contributed by atoms with Gasteiger partial charge in [0, 0.05) is 17.9 Å². The summed E-state index contributed by atoms with van der Waals surface area (Å²) in [6.07, 6.45) is 4.20. The Morgan fingerprint density at radius 3 is 3.36 bits per heavy atom. The van der Waals surface area contributed by atoms with Gasteiger partial charge >= 0.3 is 0 Å². The summed E-state index contributed by atoms with van der Waals surface area (Å²) in [5.41, 5.74) is 2.65. The second kappa shape index (κ2) is 2.62. The van der Waals surface area contributed by atoms with E-state index in [4.69, 9.17) is 0 Å². The van der Waals surface area contributed by atoms with Crippen LogP contribution in [0.2, 0.25) is 0 Å². The summed E-state index contributed by atoms with van der Waals surface area (Å²) in [7, 11) is 2.01. The number of nitrogens with one attached hydrogen (secondary N) is 1. The van der Waals surface area contributed by atoms with Crippen LogP contribution in [0.1, 0.15) is 23.7 Å². The van der Waals surface area contributed by atoms with Crippen LogP contribution in [-0.2, 0) is 6.42 Å². The van der Waals surface area contributed by atoms with Gasteiger partial charge in [-0.25, -0.2) is 0 Å². The van der Waals surface area contributed by atoms with Crippen molar-refractivity contribution in [2.24, 2.45) is 0 Å². The van der Waals surface area contributed by atoms with Gasteiger partial charge in [-0.15, -0.1) is 0 Å². The summed E-state index contributed by atoms with van der Waals surface area (Å²) >= 11 is 0. The van der Waals surface area contributed by atoms with Crippen LogP contribution in [0, 0.1) is 0 Å². The van der Waals surface area contributed by atoms with E-state index >= 15 is 0 Å². The van der Waals surface area contributed by atoms with Gasteiger partial charge in [0.1, 0.15) is 0 Å². The molecule has 1 aromatic heterocycles. The van der Waals surface area contributed by atoms with Gasteiger partial charge in [-0.2, -0.15) is 0 Å². The molecule has 58 valence electrons. The molecule has 2 nitrogen and oxygen atoms in total. The van der Waals surface area contributed by atoms with E-state index in [-0.39, 0.29) is 0 Å². The minimum Gasteiger partial charge on any atom is -0.313 e. The smallest absolute Gasteiger partial charge is 0.0452 e. The number of aryl methyl sites for hydroxylation is 1. The van der Waals surface area contributed by atoms with Crippen molar-refractivity contribution in [3.8, 4) is 0 Å². The second-order valence-corrected chi connectivity index (χ2v) is 2.92. The first-order valence-corrected chi connectivity index (χ1v) is 4.03. The molecule has 0 radical (unpaired) electrons. The van der Waals surface area contributed by atoms with E-state index in [1.54, 1.807) is 0 Å². The van der Waals surface area contributed by atoms with Gasteiger partial charge in [0.15, 0.2) is 0 Å². The van der Waals surface area contributed by atoms with Crippen LogP contribution in [0.25, 0.3) is 0 Å². The highest BCUT2D eigenvalue weighted by atomic mass is 14.9. The highest BCUT2D eigenvalue weighted by Gasteiger charge is 2.20. The second-order valence-electron chi connectivity index (χ2n) is 2.92. The maximum atomic E-state index is 4.32. The molecule has 2 heteroatoms. The molecule has 1 heterocycles. The van der Waals surface area contributed by atoms with Gasteiger partial charge in [0.2, 0.25) is 0 Å². The fourth-order valence-electron chi connectivity index (χ4n) is 1.71. The monoisotopic (exact) mass is 148 g/mol. The zero-order chi connectivity index (χ0) is 7.68. The number of fused-ring (bicyclic) bond motifs is 1. The molecule has 0 unspecified atom stereocenters. The average Bonchev–Trinajstić information content (AvgIpc) is 2.47. The standard InChI is InChI=1S/C9H12N2/c1-10-8-4-5-9-7(8)3-2-6-11-9/h2-3,6,8,10H,4-5H2,1H3/t8-/m0/s1. The fraction of sp³-hybridized carbons (Fsp3) is 0.444. The maximum absolute atomic E-state index is 4.32. The first-order chi connectivity index (χ1) is 5.42. The van der Waals surface area contributed by atoms with Crippen LogP contribution in [0.4, 0.5) is 0 Å². The summed E-state index contributed by atoms with van der Waals surface area (Å²) in [6.45, 7) is 0. The third kappa shape index (κ3) is 1.03. The topological polar surface area (TPSA) is 24.9 Å². The normalized spacial score (nSPS) is 21.7. The molecule has 0 fully saturated rings. The number of hydrogen-bond donors (Lipinski definition) is 1. The number of hydrogen-bond acceptors (Lipinski definition) is 2. The van der Waals surface area contributed by atoms with E-state index in [1.807, 2.05) is 19.3 Å².